The van der Waals surface area contributed by atoms with Crippen molar-refractivity contribution in [2.45, 2.75) is 62.8 Å². The summed E-state index contributed by atoms with van der Waals surface area (Å²) in [5.74, 6) is -1.78. The molecule has 36 heavy (non-hydrogen) atoms. The van der Waals surface area contributed by atoms with Crippen LogP contribution in [0.4, 0.5) is 4.39 Å². The first kappa shape index (κ1) is 24.3. The maximum atomic E-state index is 14.3. The van der Waals surface area contributed by atoms with Crippen molar-refractivity contribution in [2.75, 3.05) is 13.1 Å². The van der Waals surface area contributed by atoms with E-state index in [-0.39, 0.29) is 48.9 Å². The number of rotatable bonds is 6. The smallest absolute Gasteiger partial charge is 0.241 e. The molecule has 7 heteroatoms. The highest BCUT2D eigenvalue weighted by Crippen LogP contribution is 2.43. The van der Waals surface area contributed by atoms with Crippen LogP contribution < -0.4 is 0 Å². The molecule has 2 aromatic rings. The average Bonchev–Trinajstić information content (AvgIpc) is 3.50. The number of halogens is 1. The van der Waals surface area contributed by atoms with Gasteiger partial charge in [0.25, 0.3) is 0 Å². The summed E-state index contributed by atoms with van der Waals surface area (Å²) in [5.41, 5.74) is -0.435. The summed E-state index contributed by atoms with van der Waals surface area (Å²) in [7, 11) is 0. The second-order valence-corrected chi connectivity index (χ2v) is 10.4. The highest BCUT2D eigenvalue weighted by molar-refractivity contribution is 6.11. The summed E-state index contributed by atoms with van der Waals surface area (Å²) in [6, 6.07) is 14.6. The summed E-state index contributed by atoms with van der Waals surface area (Å²) >= 11 is 0. The second kappa shape index (κ2) is 9.96. The Labute approximate surface area is 210 Å². The largest absolute Gasteiger partial charge is 0.342 e. The van der Waals surface area contributed by atoms with Gasteiger partial charge in [0.15, 0.2) is 5.78 Å². The lowest BCUT2D eigenvalue weighted by molar-refractivity contribution is -0.145. The van der Waals surface area contributed by atoms with Crippen LogP contribution >= 0.6 is 0 Å². The van der Waals surface area contributed by atoms with Gasteiger partial charge in [0, 0.05) is 43.5 Å². The van der Waals surface area contributed by atoms with Crippen molar-refractivity contribution < 1.29 is 23.6 Å². The molecule has 0 spiro atoms. The van der Waals surface area contributed by atoms with Gasteiger partial charge in [-0.2, -0.15) is 0 Å². The van der Waals surface area contributed by atoms with E-state index in [9.17, 15) is 23.6 Å². The number of benzene rings is 2. The first-order chi connectivity index (χ1) is 17.4. The Kier molecular flexibility index (Phi) is 6.73. The fourth-order valence-corrected chi connectivity index (χ4v) is 6.17. The molecule has 3 amide bonds. The maximum Gasteiger partial charge on any atom is 0.241 e. The van der Waals surface area contributed by atoms with Crippen molar-refractivity contribution in [3.8, 4) is 0 Å². The number of nitrogens with zero attached hydrogens (tertiary/aromatic N) is 2. The van der Waals surface area contributed by atoms with E-state index in [1.807, 2.05) is 18.2 Å². The normalized spacial score (nSPS) is 25.0. The van der Waals surface area contributed by atoms with E-state index >= 15 is 0 Å². The molecule has 2 heterocycles. The molecule has 188 valence electrons. The lowest BCUT2D eigenvalue weighted by Gasteiger charge is -2.35. The lowest BCUT2D eigenvalue weighted by atomic mass is 9.75. The minimum Gasteiger partial charge on any atom is -0.342 e. The molecule has 2 aliphatic heterocycles. The van der Waals surface area contributed by atoms with E-state index < -0.39 is 17.1 Å². The predicted octanol–water partition coefficient (Wildman–Crippen LogP) is 4.28. The Hall–Kier alpha value is -3.35. The van der Waals surface area contributed by atoms with E-state index in [1.165, 1.54) is 23.1 Å². The van der Waals surface area contributed by atoms with Gasteiger partial charge in [-0.1, -0.05) is 55.3 Å². The van der Waals surface area contributed by atoms with Gasteiger partial charge in [0.05, 0.1) is 5.41 Å². The summed E-state index contributed by atoms with van der Waals surface area (Å²) in [6.07, 6.45) is 4.47. The van der Waals surface area contributed by atoms with E-state index in [0.29, 0.717) is 30.5 Å². The highest BCUT2D eigenvalue weighted by Gasteiger charge is 2.56. The number of Topliss-reactive ketones (excluding diaryl/α,β-unsaturated/α-hetero) is 1. The van der Waals surface area contributed by atoms with Crippen molar-refractivity contribution >= 4 is 23.5 Å². The number of imide groups is 1. The van der Waals surface area contributed by atoms with Crippen molar-refractivity contribution in [3.05, 3.63) is 71.5 Å². The van der Waals surface area contributed by atoms with Crippen LogP contribution in [0.3, 0.4) is 0 Å². The van der Waals surface area contributed by atoms with E-state index in [2.05, 4.69) is 0 Å². The van der Waals surface area contributed by atoms with E-state index in [0.717, 1.165) is 25.7 Å². The zero-order valence-corrected chi connectivity index (χ0v) is 20.3. The van der Waals surface area contributed by atoms with Gasteiger partial charge >= 0.3 is 0 Å². The van der Waals surface area contributed by atoms with Crippen LogP contribution in [-0.4, -0.2) is 52.4 Å². The molecule has 2 atom stereocenters. The standard InChI is InChI=1S/C29H31FN2O4/c30-23-12-6-11-22(16-23)29(18-26(34)32(28(29)36)24-13-4-5-14-24)17-25(33)31-15-7-10-21(19-31)27(35)20-8-2-1-3-9-20/h1-3,6,8-9,11-12,16,21,24H,4-5,7,10,13-15,17-19H2/t21-,29+/m0/s1. The third-order valence-corrected chi connectivity index (χ3v) is 8.07. The topological polar surface area (TPSA) is 74.8 Å². The van der Waals surface area contributed by atoms with Crippen molar-refractivity contribution in [1.82, 2.24) is 9.80 Å². The summed E-state index contributed by atoms with van der Waals surface area (Å²) < 4.78 is 14.3. The molecule has 0 aromatic heterocycles. The molecule has 3 aliphatic rings. The molecular weight excluding hydrogens is 459 g/mol. The molecule has 6 nitrogen and oxygen atoms in total. The Morgan fingerprint density at radius 1 is 0.944 bits per heavy atom. The van der Waals surface area contributed by atoms with Gasteiger partial charge in [-0.25, -0.2) is 4.39 Å². The van der Waals surface area contributed by atoms with Crippen LogP contribution in [0.1, 0.15) is 67.3 Å². The first-order valence-electron chi connectivity index (χ1n) is 12.9. The minimum absolute atomic E-state index is 0.00692. The number of piperidine rings is 1. The minimum atomic E-state index is -1.42. The Balaban J connectivity index is 1.40. The fourth-order valence-electron chi connectivity index (χ4n) is 6.17. The quantitative estimate of drug-likeness (QED) is 0.448. The Morgan fingerprint density at radius 2 is 1.69 bits per heavy atom. The monoisotopic (exact) mass is 490 g/mol. The van der Waals surface area contributed by atoms with Crippen molar-refractivity contribution in [2.24, 2.45) is 5.92 Å². The van der Waals surface area contributed by atoms with Gasteiger partial charge in [-0.3, -0.25) is 24.1 Å². The number of hydrogen-bond acceptors (Lipinski definition) is 4. The average molecular weight is 491 g/mol. The molecule has 0 bridgehead atoms. The molecule has 5 rings (SSSR count). The van der Waals surface area contributed by atoms with Gasteiger partial charge < -0.3 is 4.90 Å². The molecule has 2 saturated heterocycles. The molecule has 0 N–H and O–H groups in total. The SMILES string of the molecule is O=C(c1ccccc1)[C@H]1CCCN(C(=O)C[C@]2(c3cccc(F)c3)CC(=O)N(C3CCCC3)C2=O)C1. The fraction of sp³-hybridized carbons (Fsp3) is 0.448. The van der Waals surface area contributed by atoms with Crippen LogP contribution in [0.15, 0.2) is 54.6 Å². The van der Waals surface area contributed by atoms with Gasteiger partial charge in [0.2, 0.25) is 17.7 Å². The number of hydrogen-bond donors (Lipinski definition) is 0. The molecular formula is C29H31FN2O4. The van der Waals surface area contributed by atoms with Crippen molar-refractivity contribution in [3.63, 3.8) is 0 Å². The van der Waals surface area contributed by atoms with Crippen molar-refractivity contribution in [1.29, 1.82) is 0 Å². The number of carbonyl (C=O) groups is 4. The summed E-state index contributed by atoms with van der Waals surface area (Å²) in [6.45, 7) is 0.769. The maximum absolute atomic E-state index is 14.3. The molecule has 1 saturated carbocycles. The number of likely N-dealkylation sites (tertiary alicyclic amines) is 2. The molecule has 3 fully saturated rings. The molecule has 0 radical (unpaired) electrons. The van der Waals surface area contributed by atoms with E-state index in [4.69, 9.17) is 0 Å². The van der Waals surface area contributed by atoms with Crippen LogP contribution in [0, 0.1) is 11.7 Å². The van der Waals surface area contributed by atoms with Crippen LogP contribution in [0.2, 0.25) is 0 Å². The summed E-state index contributed by atoms with van der Waals surface area (Å²) in [4.78, 5) is 56.7. The highest BCUT2D eigenvalue weighted by atomic mass is 19.1. The van der Waals surface area contributed by atoms with E-state index in [1.54, 1.807) is 23.1 Å². The molecule has 0 unspecified atom stereocenters. The van der Waals surface area contributed by atoms with Gasteiger partial charge in [-0.15, -0.1) is 0 Å². The zero-order chi connectivity index (χ0) is 25.3. The summed E-state index contributed by atoms with van der Waals surface area (Å²) in [5, 5.41) is 0. The second-order valence-electron chi connectivity index (χ2n) is 10.4. The van der Waals surface area contributed by atoms with Gasteiger partial charge in [0.1, 0.15) is 5.82 Å². The predicted molar refractivity (Wildman–Crippen MR) is 131 cm³/mol. The van der Waals surface area contributed by atoms with Crippen LogP contribution in [-0.2, 0) is 19.8 Å². The number of amides is 3. The number of ketones is 1. The lowest BCUT2D eigenvalue weighted by Crippen LogP contribution is -2.48. The van der Waals surface area contributed by atoms with Crippen LogP contribution in [0.25, 0.3) is 0 Å². The third kappa shape index (κ3) is 4.47. The molecule has 1 aliphatic carbocycles. The number of carbonyl (C=O) groups excluding carboxylic acids is 4. The Morgan fingerprint density at radius 3 is 2.42 bits per heavy atom. The van der Waals surface area contributed by atoms with Crippen LogP contribution in [0.5, 0.6) is 0 Å². The van der Waals surface area contributed by atoms with Gasteiger partial charge in [-0.05, 0) is 43.4 Å². The molecule has 2 aromatic carbocycles. The zero-order valence-electron chi connectivity index (χ0n) is 20.3. The Bertz CT molecular complexity index is 1180. The first-order valence-corrected chi connectivity index (χ1v) is 12.9. The third-order valence-electron chi connectivity index (χ3n) is 8.07.